The van der Waals surface area contributed by atoms with Crippen LogP contribution in [0, 0.1) is 5.92 Å². The van der Waals surface area contributed by atoms with Crippen molar-refractivity contribution in [3.05, 3.63) is 0 Å². The van der Waals surface area contributed by atoms with E-state index >= 15 is 0 Å². The molecule has 0 aromatic heterocycles. The van der Waals surface area contributed by atoms with Gasteiger partial charge in [0.2, 0.25) is 0 Å². The fourth-order valence-electron chi connectivity index (χ4n) is 0.692. The van der Waals surface area contributed by atoms with Crippen molar-refractivity contribution in [3.63, 3.8) is 0 Å². The summed E-state index contributed by atoms with van der Waals surface area (Å²) in [6.07, 6.45) is 0.679. The van der Waals surface area contributed by atoms with E-state index in [1.54, 1.807) is 0 Å². The third-order valence-electron chi connectivity index (χ3n) is 1.35. The van der Waals surface area contributed by atoms with Gasteiger partial charge in [-0.25, -0.2) is 0 Å². The van der Waals surface area contributed by atoms with Gasteiger partial charge in [0.05, 0.1) is 12.0 Å². The van der Waals surface area contributed by atoms with Gasteiger partial charge in [-0.1, -0.05) is 0 Å². The number of hydrogen-bond donors (Lipinski definition) is 1. The summed E-state index contributed by atoms with van der Waals surface area (Å²) in [5.74, 6) is -0.961. The van der Waals surface area contributed by atoms with E-state index in [-0.39, 0.29) is 12.0 Å². The second-order valence-corrected chi connectivity index (χ2v) is 1.95. The Kier molecular flexibility index (Phi) is 1.21. The summed E-state index contributed by atoms with van der Waals surface area (Å²) in [4.78, 5) is 10.1. The molecule has 2 atom stereocenters. The van der Waals surface area contributed by atoms with E-state index in [0.717, 1.165) is 0 Å². The minimum Gasteiger partial charge on any atom is -0.481 e. The first-order chi connectivity index (χ1) is 3.75. The lowest BCUT2D eigenvalue weighted by molar-refractivity contribution is -0.139. The van der Waals surface area contributed by atoms with Crippen molar-refractivity contribution in [1.82, 2.24) is 0 Å². The van der Waals surface area contributed by atoms with Crippen LogP contribution in [0.3, 0.4) is 0 Å². The smallest absolute Gasteiger partial charge is 0.309 e. The van der Waals surface area contributed by atoms with E-state index in [2.05, 4.69) is 0 Å². The Hall–Kier alpha value is -0.570. The fourth-order valence-corrected chi connectivity index (χ4v) is 0.692. The Morgan fingerprint density at radius 2 is 2.50 bits per heavy atom. The quantitative estimate of drug-likeness (QED) is 0.556. The highest BCUT2D eigenvalue weighted by molar-refractivity contribution is 5.74. The highest BCUT2D eigenvalue weighted by Crippen LogP contribution is 2.32. The molecule has 1 saturated carbocycles. The normalized spacial score (nSPS) is 34.6. The van der Waals surface area contributed by atoms with E-state index in [9.17, 15) is 4.79 Å². The first-order valence-corrected chi connectivity index (χ1v) is 2.51. The lowest BCUT2D eigenvalue weighted by atomic mass is 10.4. The second-order valence-electron chi connectivity index (χ2n) is 1.95. The standard InChI is InChI=1S/C5H8O3/c1-8-4-2-3(4)5(6)7/h3-4H,2H2,1H3,(H,6,7)/t3-,4+/m0/s1. The molecule has 1 fully saturated rings. The van der Waals surface area contributed by atoms with Crippen LogP contribution in [0.25, 0.3) is 0 Å². The van der Waals surface area contributed by atoms with Gasteiger partial charge in [-0.15, -0.1) is 0 Å². The van der Waals surface area contributed by atoms with E-state index in [0.29, 0.717) is 6.42 Å². The Morgan fingerprint density at radius 1 is 1.88 bits per heavy atom. The highest BCUT2D eigenvalue weighted by Gasteiger charge is 2.43. The van der Waals surface area contributed by atoms with Crippen LogP contribution in [0.2, 0.25) is 0 Å². The highest BCUT2D eigenvalue weighted by atomic mass is 16.5. The molecule has 0 aromatic carbocycles. The topological polar surface area (TPSA) is 46.5 Å². The van der Waals surface area contributed by atoms with E-state index in [1.807, 2.05) is 0 Å². The van der Waals surface area contributed by atoms with Gasteiger partial charge >= 0.3 is 5.97 Å². The van der Waals surface area contributed by atoms with Crippen LogP contribution in [0.5, 0.6) is 0 Å². The van der Waals surface area contributed by atoms with Crippen LogP contribution in [0.15, 0.2) is 0 Å². The van der Waals surface area contributed by atoms with Crippen LogP contribution in [0.4, 0.5) is 0 Å². The molecule has 46 valence electrons. The predicted octanol–water partition coefficient (Wildman–Crippen LogP) is 0.106. The molecule has 0 unspecified atom stereocenters. The fraction of sp³-hybridized carbons (Fsp3) is 0.800. The molecule has 3 nitrogen and oxygen atoms in total. The number of methoxy groups -OCH3 is 1. The van der Waals surface area contributed by atoms with Crippen molar-refractivity contribution in [2.24, 2.45) is 5.92 Å². The van der Waals surface area contributed by atoms with Crippen molar-refractivity contribution < 1.29 is 14.6 Å². The summed E-state index contributed by atoms with van der Waals surface area (Å²) in [6, 6.07) is 0. The largest absolute Gasteiger partial charge is 0.481 e. The van der Waals surface area contributed by atoms with Gasteiger partial charge in [0.25, 0.3) is 0 Å². The molecule has 0 aliphatic heterocycles. The number of carbonyl (C=O) groups is 1. The maximum atomic E-state index is 10.1. The van der Waals surface area contributed by atoms with Crippen LogP contribution < -0.4 is 0 Å². The molecule has 0 bridgehead atoms. The molecule has 1 aliphatic carbocycles. The molecule has 1 aliphatic rings. The number of rotatable bonds is 2. The van der Waals surface area contributed by atoms with Crippen molar-refractivity contribution in [2.75, 3.05) is 7.11 Å². The zero-order chi connectivity index (χ0) is 6.15. The van der Waals surface area contributed by atoms with Gasteiger partial charge in [0, 0.05) is 7.11 Å². The third kappa shape index (κ3) is 0.816. The molecule has 1 N–H and O–H groups in total. The summed E-state index contributed by atoms with van der Waals surface area (Å²) in [7, 11) is 1.54. The summed E-state index contributed by atoms with van der Waals surface area (Å²) in [6.45, 7) is 0. The molecule has 0 amide bonds. The molecule has 0 heterocycles. The predicted molar refractivity (Wildman–Crippen MR) is 26.5 cm³/mol. The van der Waals surface area contributed by atoms with Crippen molar-refractivity contribution in [2.45, 2.75) is 12.5 Å². The summed E-state index contributed by atoms with van der Waals surface area (Å²) in [5, 5.41) is 8.27. The minimum absolute atomic E-state index is 0.00694. The Bertz CT molecular complexity index is 110. The first kappa shape index (κ1) is 5.56. The number of hydrogen-bond acceptors (Lipinski definition) is 2. The number of ether oxygens (including phenoxy) is 1. The molecule has 0 radical (unpaired) electrons. The van der Waals surface area contributed by atoms with Crippen molar-refractivity contribution in [3.8, 4) is 0 Å². The molecular weight excluding hydrogens is 108 g/mol. The lowest BCUT2D eigenvalue weighted by Crippen LogP contribution is -2.02. The van der Waals surface area contributed by atoms with Crippen molar-refractivity contribution in [1.29, 1.82) is 0 Å². The van der Waals surface area contributed by atoms with Gasteiger partial charge in [-0.2, -0.15) is 0 Å². The van der Waals surface area contributed by atoms with E-state index < -0.39 is 5.97 Å². The van der Waals surface area contributed by atoms with E-state index in [1.165, 1.54) is 7.11 Å². The lowest BCUT2D eigenvalue weighted by Gasteiger charge is -1.87. The molecule has 0 aromatic rings. The minimum atomic E-state index is -0.739. The SMILES string of the molecule is CO[C@@H]1C[C@@H]1C(=O)O. The Labute approximate surface area is 47.3 Å². The number of aliphatic carboxylic acids is 1. The van der Waals surface area contributed by atoms with Crippen LogP contribution in [-0.2, 0) is 9.53 Å². The maximum Gasteiger partial charge on any atom is 0.309 e. The van der Waals surface area contributed by atoms with Crippen LogP contribution in [-0.4, -0.2) is 24.3 Å². The summed E-state index contributed by atoms with van der Waals surface area (Å²) < 4.78 is 4.75. The molecule has 8 heavy (non-hydrogen) atoms. The Balaban J connectivity index is 2.26. The van der Waals surface area contributed by atoms with Gasteiger partial charge < -0.3 is 9.84 Å². The van der Waals surface area contributed by atoms with Crippen LogP contribution in [0.1, 0.15) is 6.42 Å². The molecule has 0 saturated heterocycles. The Morgan fingerprint density at radius 3 is 2.62 bits per heavy atom. The molecule has 1 rings (SSSR count). The second kappa shape index (κ2) is 1.74. The monoisotopic (exact) mass is 116 g/mol. The number of carboxylic acids is 1. The zero-order valence-corrected chi connectivity index (χ0v) is 4.63. The first-order valence-electron chi connectivity index (χ1n) is 2.51. The van der Waals surface area contributed by atoms with Gasteiger partial charge in [0.15, 0.2) is 0 Å². The summed E-state index contributed by atoms with van der Waals surface area (Å²) >= 11 is 0. The average molecular weight is 116 g/mol. The third-order valence-corrected chi connectivity index (χ3v) is 1.35. The molecule has 3 heteroatoms. The van der Waals surface area contributed by atoms with E-state index in [4.69, 9.17) is 9.84 Å². The number of carboxylic acid groups (broad SMARTS) is 1. The maximum absolute atomic E-state index is 10.1. The van der Waals surface area contributed by atoms with Gasteiger partial charge in [-0.05, 0) is 6.42 Å². The van der Waals surface area contributed by atoms with Gasteiger partial charge in [0.1, 0.15) is 0 Å². The molecule has 0 spiro atoms. The van der Waals surface area contributed by atoms with Crippen molar-refractivity contribution >= 4 is 5.97 Å². The van der Waals surface area contributed by atoms with Crippen LogP contribution >= 0.6 is 0 Å². The van der Waals surface area contributed by atoms with Gasteiger partial charge in [-0.3, -0.25) is 4.79 Å². The zero-order valence-electron chi connectivity index (χ0n) is 4.63. The average Bonchev–Trinajstić information content (AvgIpc) is 2.42. The molecular formula is C5H8O3. The summed E-state index contributed by atoms with van der Waals surface area (Å²) in [5.41, 5.74) is 0.